The molecular weight excluding hydrogens is 551 g/mol. The molecule has 5 N–H and O–H groups in total. The lowest BCUT2D eigenvalue weighted by molar-refractivity contribution is 0.0662. The lowest BCUT2D eigenvalue weighted by Gasteiger charge is -2.34. The molecule has 0 saturated carbocycles. The number of aromatic nitrogens is 4. The molecule has 0 bridgehead atoms. The van der Waals surface area contributed by atoms with Crippen molar-refractivity contribution in [2.75, 3.05) is 43.6 Å². The lowest BCUT2D eigenvalue weighted by atomic mass is 10.0. The summed E-state index contributed by atoms with van der Waals surface area (Å²) in [5, 5.41) is 7.91. The minimum atomic E-state index is -0.730. The Labute approximate surface area is 249 Å². The predicted molar refractivity (Wildman–Crippen MR) is 162 cm³/mol. The summed E-state index contributed by atoms with van der Waals surface area (Å²) >= 11 is 0. The van der Waals surface area contributed by atoms with Gasteiger partial charge in [-0.05, 0) is 49.9 Å². The van der Waals surface area contributed by atoms with E-state index >= 15 is 4.39 Å². The molecule has 0 aliphatic carbocycles. The van der Waals surface area contributed by atoms with Crippen molar-refractivity contribution in [1.29, 1.82) is 0 Å². The first-order chi connectivity index (χ1) is 20.9. The summed E-state index contributed by atoms with van der Waals surface area (Å²) in [5.74, 6) is -0.190. The number of rotatable bonds is 8. The number of ether oxygens (including phenoxy) is 2. The smallest absolute Gasteiger partial charge is 0.250 e. The zero-order chi connectivity index (χ0) is 29.9. The van der Waals surface area contributed by atoms with Gasteiger partial charge in [0, 0.05) is 67.6 Å². The SMILES string of the molecule is COc1cccc(F)c1-c1nc(Nc2cc(N3CCC[C@H](N)C3)c(-c3cnn(C4CCOCC4)c3)cn2)ccc1C(N)=O. The fraction of sp³-hybridized carbons (Fsp3) is 0.355. The quantitative estimate of drug-likeness (QED) is 0.275. The van der Waals surface area contributed by atoms with Crippen LogP contribution in [0.5, 0.6) is 5.75 Å². The molecule has 2 aliphatic heterocycles. The van der Waals surface area contributed by atoms with Crippen LogP contribution in [-0.4, -0.2) is 65.1 Å². The number of nitrogens with zero attached hydrogens (tertiary/aromatic N) is 5. The average molecular weight is 587 g/mol. The summed E-state index contributed by atoms with van der Waals surface area (Å²) in [5.41, 5.74) is 15.1. The molecule has 0 spiro atoms. The first kappa shape index (κ1) is 28.6. The third-order valence-corrected chi connectivity index (χ3v) is 8.01. The van der Waals surface area contributed by atoms with Crippen LogP contribution in [0.3, 0.4) is 0 Å². The molecule has 6 rings (SSSR count). The number of halogens is 1. The Hall–Kier alpha value is -4.55. The van der Waals surface area contributed by atoms with Crippen LogP contribution in [0.15, 0.2) is 55.0 Å². The van der Waals surface area contributed by atoms with Crippen molar-refractivity contribution >= 4 is 23.2 Å². The predicted octanol–water partition coefficient (Wildman–Crippen LogP) is 4.28. The topological polar surface area (TPSA) is 146 Å². The number of hydrogen-bond donors (Lipinski definition) is 3. The van der Waals surface area contributed by atoms with E-state index in [1.807, 2.05) is 23.1 Å². The molecule has 2 aliphatic rings. The number of nitrogens with two attached hydrogens (primary N) is 2. The average Bonchev–Trinajstić information content (AvgIpc) is 3.51. The maximum Gasteiger partial charge on any atom is 0.250 e. The minimum Gasteiger partial charge on any atom is -0.496 e. The van der Waals surface area contributed by atoms with Gasteiger partial charge >= 0.3 is 0 Å². The Morgan fingerprint density at radius 3 is 2.74 bits per heavy atom. The van der Waals surface area contributed by atoms with E-state index in [0.717, 1.165) is 62.3 Å². The maximum atomic E-state index is 15.0. The highest BCUT2D eigenvalue weighted by molar-refractivity contribution is 6.00. The molecule has 1 amide bonds. The highest BCUT2D eigenvalue weighted by atomic mass is 19.1. The maximum absolute atomic E-state index is 15.0. The van der Waals surface area contributed by atoms with Gasteiger partial charge < -0.3 is 31.2 Å². The molecule has 5 heterocycles. The summed E-state index contributed by atoms with van der Waals surface area (Å²) in [7, 11) is 1.43. The van der Waals surface area contributed by atoms with Gasteiger partial charge in [0.05, 0.1) is 36.2 Å². The molecular formula is C31H35FN8O3. The number of carbonyl (C=O) groups excluding carboxylic acids is 1. The summed E-state index contributed by atoms with van der Waals surface area (Å²) in [6, 6.07) is 9.87. The number of pyridine rings is 2. The number of piperidine rings is 1. The number of nitrogens with one attached hydrogen (secondary N) is 1. The van der Waals surface area contributed by atoms with Gasteiger partial charge in [0.25, 0.3) is 5.91 Å². The summed E-state index contributed by atoms with van der Waals surface area (Å²) < 4.78 is 27.9. The van der Waals surface area contributed by atoms with Crippen LogP contribution >= 0.6 is 0 Å². The first-order valence-electron chi connectivity index (χ1n) is 14.4. The number of primary amides is 1. The van der Waals surface area contributed by atoms with E-state index in [0.29, 0.717) is 24.2 Å². The van der Waals surface area contributed by atoms with Crippen LogP contribution in [-0.2, 0) is 4.74 Å². The van der Waals surface area contributed by atoms with Crippen molar-refractivity contribution in [3.8, 4) is 28.1 Å². The molecule has 3 aromatic heterocycles. The van der Waals surface area contributed by atoms with Gasteiger partial charge in [-0.1, -0.05) is 6.07 Å². The van der Waals surface area contributed by atoms with Gasteiger partial charge in [0.1, 0.15) is 23.2 Å². The van der Waals surface area contributed by atoms with Crippen LogP contribution in [0.25, 0.3) is 22.4 Å². The van der Waals surface area contributed by atoms with Gasteiger partial charge in [-0.25, -0.2) is 14.4 Å². The van der Waals surface area contributed by atoms with Gasteiger partial charge in [-0.2, -0.15) is 5.10 Å². The van der Waals surface area contributed by atoms with E-state index in [1.165, 1.54) is 25.3 Å². The molecule has 224 valence electrons. The largest absolute Gasteiger partial charge is 0.496 e. The van der Waals surface area contributed by atoms with Crippen molar-refractivity contribution in [3.05, 3.63) is 66.4 Å². The van der Waals surface area contributed by atoms with E-state index in [1.54, 1.807) is 12.1 Å². The molecule has 43 heavy (non-hydrogen) atoms. The van der Waals surface area contributed by atoms with E-state index in [2.05, 4.69) is 26.5 Å². The summed E-state index contributed by atoms with van der Waals surface area (Å²) in [6.07, 6.45) is 9.59. The second kappa shape index (κ2) is 12.4. The van der Waals surface area contributed by atoms with Crippen LogP contribution < -0.4 is 26.4 Å². The highest BCUT2D eigenvalue weighted by Gasteiger charge is 2.24. The molecule has 4 aromatic rings. The zero-order valence-corrected chi connectivity index (χ0v) is 24.0. The second-order valence-electron chi connectivity index (χ2n) is 10.9. The van der Waals surface area contributed by atoms with Crippen molar-refractivity contribution in [3.63, 3.8) is 0 Å². The molecule has 11 nitrogen and oxygen atoms in total. The molecule has 2 fully saturated rings. The van der Waals surface area contributed by atoms with Gasteiger partial charge in [-0.3, -0.25) is 9.48 Å². The van der Waals surface area contributed by atoms with Crippen molar-refractivity contribution in [2.24, 2.45) is 11.5 Å². The zero-order valence-electron chi connectivity index (χ0n) is 24.0. The third kappa shape index (κ3) is 6.02. The highest BCUT2D eigenvalue weighted by Crippen LogP contribution is 2.37. The van der Waals surface area contributed by atoms with Gasteiger partial charge in [0.15, 0.2) is 0 Å². The molecule has 2 saturated heterocycles. The number of anilines is 3. The number of amides is 1. The Bertz CT molecular complexity index is 1620. The molecule has 1 aromatic carbocycles. The molecule has 1 atom stereocenters. The Morgan fingerprint density at radius 2 is 1.98 bits per heavy atom. The van der Waals surface area contributed by atoms with E-state index in [9.17, 15) is 4.79 Å². The summed E-state index contributed by atoms with van der Waals surface area (Å²) in [6.45, 7) is 3.05. The molecule has 12 heteroatoms. The molecule has 0 radical (unpaired) electrons. The Kier molecular flexibility index (Phi) is 8.21. The van der Waals surface area contributed by atoms with Crippen LogP contribution in [0.1, 0.15) is 42.1 Å². The van der Waals surface area contributed by atoms with Crippen LogP contribution in [0.2, 0.25) is 0 Å². The Balaban J connectivity index is 1.37. The first-order valence-corrected chi connectivity index (χ1v) is 14.4. The standard InChI is InChI=1S/C31H35FN8O3/c1-42-26-6-2-5-24(32)29(26)30-22(31(34)41)7-8-27(38-30)37-28-14-25(39-11-3-4-20(33)18-39)23(16-35-28)19-15-36-40(17-19)21-9-12-43-13-10-21/h2,5-8,14-17,20-21H,3-4,9-13,18,33H2,1H3,(H2,34,41)(H,35,37,38)/t20-/m0/s1. The number of hydrogen-bond acceptors (Lipinski definition) is 9. The van der Waals surface area contributed by atoms with Crippen molar-refractivity contribution in [2.45, 2.75) is 37.8 Å². The molecule has 0 unspecified atom stereocenters. The van der Waals surface area contributed by atoms with Crippen molar-refractivity contribution < 1.29 is 18.7 Å². The van der Waals surface area contributed by atoms with E-state index in [-0.39, 0.29) is 28.6 Å². The fourth-order valence-electron chi connectivity index (χ4n) is 5.81. The normalized spacial score (nSPS) is 17.6. The van der Waals surface area contributed by atoms with Crippen LogP contribution in [0.4, 0.5) is 21.7 Å². The van der Waals surface area contributed by atoms with E-state index < -0.39 is 11.7 Å². The summed E-state index contributed by atoms with van der Waals surface area (Å²) in [4.78, 5) is 23.8. The van der Waals surface area contributed by atoms with E-state index in [4.69, 9.17) is 25.9 Å². The monoisotopic (exact) mass is 586 g/mol. The minimum absolute atomic E-state index is 0.0512. The van der Waals surface area contributed by atoms with Gasteiger partial charge in [0.2, 0.25) is 0 Å². The number of carbonyl (C=O) groups is 1. The van der Waals surface area contributed by atoms with Crippen LogP contribution in [0, 0.1) is 5.82 Å². The number of methoxy groups -OCH3 is 1. The lowest BCUT2D eigenvalue weighted by Crippen LogP contribution is -2.43. The number of benzene rings is 1. The van der Waals surface area contributed by atoms with Crippen molar-refractivity contribution in [1.82, 2.24) is 19.7 Å². The Morgan fingerprint density at radius 1 is 1.14 bits per heavy atom. The third-order valence-electron chi connectivity index (χ3n) is 8.01. The van der Waals surface area contributed by atoms with Gasteiger partial charge in [-0.15, -0.1) is 0 Å². The second-order valence-corrected chi connectivity index (χ2v) is 10.9. The fourth-order valence-corrected chi connectivity index (χ4v) is 5.81.